The number of aromatic nitrogens is 1. The summed E-state index contributed by atoms with van der Waals surface area (Å²) < 4.78 is 7.77. The largest absolute Gasteiger partial charge is 0.497 e. The number of H-pyrrole nitrogens is 1. The van der Waals surface area contributed by atoms with Gasteiger partial charge in [0.15, 0.2) is 0 Å². The Morgan fingerprint density at radius 2 is 1.69 bits per heavy atom. The molecule has 0 spiro atoms. The number of ether oxygens (including phenoxy) is 1. The Morgan fingerprint density at radius 3 is 2.50 bits per heavy atom. The fourth-order valence-corrected chi connectivity index (χ4v) is 6.56. The lowest BCUT2D eigenvalue weighted by molar-refractivity contribution is 0.415. The molecule has 6 aromatic rings. The van der Waals surface area contributed by atoms with Gasteiger partial charge in [-0.3, -0.25) is 0 Å². The zero-order valence-electron chi connectivity index (χ0n) is 17.1. The third-order valence-electron chi connectivity index (χ3n) is 5.90. The second-order valence-corrected chi connectivity index (χ2v) is 10.5. The number of aromatic amines is 1. The van der Waals surface area contributed by atoms with Crippen LogP contribution in [0.5, 0.6) is 5.75 Å². The molecular formula is C27H17BrClNOS. The van der Waals surface area contributed by atoms with Gasteiger partial charge in [0.05, 0.1) is 16.4 Å². The van der Waals surface area contributed by atoms with E-state index in [2.05, 4.69) is 75.5 Å². The van der Waals surface area contributed by atoms with Gasteiger partial charge in [-0.1, -0.05) is 48.0 Å². The molecule has 0 saturated heterocycles. The van der Waals surface area contributed by atoms with E-state index in [-0.39, 0.29) is 0 Å². The predicted molar refractivity (Wildman–Crippen MR) is 141 cm³/mol. The van der Waals surface area contributed by atoms with Crippen LogP contribution in [-0.4, -0.2) is 12.1 Å². The highest BCUT2D eigenvalue weighted by Gasteiger charge is 2.19. The van der Waals surface area contributed by atoms with E-state index in [0.717, 1.165) is 41.2 Å². The van der Waals surface area contributed by atoms with E-state index in [1.54, 1.807) is 18.4 Å². The van der Waals surface area contributed by atoms with Gasteiger partial charge >= 0.3 is 0 Å². The summed E-state index contributed by atoms with van der Waals surface area (Å²) in [5, 5.41) is 4.26. The smallest absolute Gasteiger partial charge is 0.119 e. The van der Waals surface area contributed by atoms with Crippen LogP contribution in [-0.2, 0) is 0 Å². The topological polar surface area (TPSA) is 25.0 Å². The fraction of sp³-hybridized carbons (Fsp3) is 0.0370. The van der Waals surface area contributed by atoms with Gasteiger partial charge in [0.25, 0.3) is 0 Å². The van der Waals surface area contributed by atoms with Gasteiger partial charge in [-0.2, -0.15) is 0 Å². The number of rotatable bonds is 3. The summed E-state index contributed by atoms with van der Waals surface area (Å²) in [6.45, 7) is 0. The minimum absolute atomic E-state index is 0.749. The van der Waals surface area contributed by atoms with Crippen molar-refractivity contribution in [3.63, 3.8) is 0 Å². The van der Waals surface area contributed by atoms with E-state index >= 15 is 0 Å². The van der Waals surface area contributed by atoms with Crippen LogP contribution in [0, 0.1) is 0 Å². The Labute approximate surface area is 202 Å². The number of thiophene rings is 1. The summed E-state index contributed by atoms with van der Waals surface area (Å²) in [7, 11) is 1.70. The van der Waals surface area contributed by atoms with Gasteiger partial charge in [0.2, 0.25) is 0 Å². The highest BCUT2D eigenvalue weighted by Crippen LogP contribution is 2.47. The van der Waals surface area contributed by atoms with Gasteiger partial charge in [-0.15, -0.1) is 11.3 Å². The van der Waals surface area contributed by atoms with E-state index < -0.39 is 0 Å². The molecule has 0 aliphatic rings. The van der Waals surface area contributed by atoms with Crippen LogP contribution in [0.2, 0.25) is 5.02 Å². The number of nitrogens with one attached hydrogen (secondary N) is 1. The molecule has 156 valence electrons. The predicted octanol–water partition coefficient (Wildman–Crippen LogP) is 9.29. The average molecular weight is 519 g/mol. The molecule has 0 unspecified atom stereocenters. The summed E-state index contributed by atoms with van der Waals surface area (Å²) in [5.41, 5.74) is 6.91. The molecule has 0 fully saturated rings. The minimum atomic E-state index is 0.749. The summed E-state index contributed by atoms with van der Waals surface area (Å²) in [4.78, 5) is 3.67. The SMILES string of the molecule is COc1ccc2[nH]c3c(-c4c(Br)sc5cc(Cl)ccc45)cc(-c4ccccc4)cc3c2c1. The Morgan fingerprint density at radius 1 is 0.844 bits per heavy atom. The van der Waals surface area contributed by atoms with Crippen LogP contribution in [0.25, 0.3) is 54.1 Å². The zero-order valence-corrected chi connectivity index (χ0v) is 20.2. The second kappa shape index (κ2) is 7.66. The molecule has 5 heteroatoms. The van der Waals surface area contributed by atoms with Crippen molar-refractivity contribution in [3.05, 3.63) is 87.7 Å². The van der Waals surface area contributed by atoms with Crippen LogP contribution < -0.4 is 4.74 Å². The maximum absolute atomic E-state index is 6.28. The van der Waals surface area contributed by atoms with Gasteiger partial charge in [-0.25, -0.2) is 0 Å². The van der Waals surface area contributed by atoms with Crippen molar-refractivity contribution in [2.45, 2.75) is 0 Å². The first kappa shape index (κ1) is 19.9. The summed E-state index contributed by atoms with van der Waals surface area (Å²) in [5.74, 6) is 0.849. The van der Waals surface area contributed by atoms with Crippen molar-refractivity contribution in [3.8, 4) is 28.0 Å². The number of hydrogen-bond acceptors (Lipinski definition) is 2. The van der Waals surface area contributed by atoms with Gasteiger partial charge < -0.3 is 9.72 Å². The van der Waals surface area contributed by atoms with Gasteiger partial charge in [0, 0.05) is 42.5 Å². The maximum Gasteiger partial charge on any atom is 0.119 e. The molecule has 0 saturated carbocycles. The lowest BCUT2D eigenvalue weighted by Crippen LogP contribution is -1.85. The Hall–Kier alpha value is -2.79. The van der Waals surface area contributed by atoms with Crippen LogP contribution in [0.15, 0.2) is 82.6 Å². The lowest BCUT2D eigenvalue weighted by atomic mass is 9.95. The summed E-state index contributed by atoms with van der Waals surface area (Å²) in [6.07, 6.45) is 0. The van der Waals surface area contributed by atoms with Gasteiger partial charge in [-0.05, 0) is 69.5 Å². The van der Waals surface area contributed by atoms with E-state index in [1.165, 1.54) is 27.5 Å². The van der Waals surface area contributed by atoms with Gasteiger partial charge in [0.1, 0.15) is 5.75 Å². The van der Waals surface area contributed by atoms with Crippen LogP contribution in [0.4, 0.5) is 0 Å². The van der Waals surface area contributed by atoms with Crippen LogP contribution in [0.3, 0.4) is 0 Å². The Kier molecular flexibility index (Phi) is 4.76. The monoisotopic (exact) mass is 517 g/mol. The first-order valence-corrected chi connectivity index (χ1v) is 12.2. The number of halogens is 2. The van der Waals surface area contributed by atoms with E-state index in [9.17, 15) is 0 Å². The summed E-state index contributed by atoms with van der Waals surface area (Å²) >= 11 is 11.8. The summed E-state index contributed by atoms with van der Waals surface area (Å²) in [6, 6.07) is 27.4. The molecular weight excluding hydrogens is 502 g/mol. The first-order valence-electron chi connectivity index (χ1n) is 10.2. The molecule has 2 nitrogen and oxygen atoms in total. The first-order chi connectivity index (χ1) is 15.6. The molecule has 0 amide bonds. The molecule has 32 heavy (non-hydrogen) atoms. The molecule has 2 heterocycles. The highest BCUT2D eigenvalue weighted by atomic mass is 79.9. The normalized spacial score (nSPS) is 11.6. The van der Waals surface area contributed by atoms with Crippen molar-refractivity contribution in [2.24, 2.45) is 0 Å². The molecule has 2 aromatic heterocycles. The standard InChI is InChI=1S/C27H17BrClNOS/c1-31-18-8-10-23-20(14-18)21-11-16(15-5-3-2-4-6-15)12-22(26(21)30-23)25-19-9-7-17(29)13-24(19)32-27(25)28/h2-14,30H,1H3. The molecule has 0 bridgehead atoms. The second-order valence-electron chi connectivity index (χ2n) is 7.74. The van der Waals surface area contributed by atoms with Crippen molar-refractivity contribution in [1.82, 2.24) is 4.98 Å². The van der Waals surface area contributed by atoms with E-state index in [0.29, 0.717) is 0 Å². The molecule has 0 aliphatic carbocycles. The van der Waals surface area contributed by atoms with E-state index in [4.69, 9.17) is 16.3 Å². The van der Waals surface area contributed by atoms with Crippen molar-refractivity contribution in [1.29, 1.82) is 0 Å². The zero-order chi connectivity index (χ0) is 21.8. The fourth-order valence-electron chi connectivity index (χ4n) is 4.39. The molecule has 1 N–H and O–H groups in total. The molecule has 6 rings (SSSR count). The number of benzene rings is 4. The number of fused-ring (bicyclic) bond motifs is 4. The van der Waals surface area contributed by atoms with Crippen molar-refractivity contribution in [2.75, 3.05) is 7.11 Å². The Balaban J connectivity index is 1.75. The highest BCUT2D eigenvalue weighted by molar-refractivity contribution is 9.11. The van der Waals surface area contributed by atoms with Crippen molar-refractivity contribution < 1.29 is 4.74 Å². The van der Waals surface area contributed by atoms with Crippen LogP contribution in [0.1, 0.15) is 0 Å². The Bertz CT molecular complexity index is 1630. The molecule has 0 radical (unpaired) electrons. The minimum Gasteiger partial charge on any atom is -0.497 e. The number of methoxy groups -OCH3 is 1. The molecule has 0 aliphatic heterocycles. The lowest BCUT2D eigenvalue weighted by Gasteiger charge is -2.09. The molecule has 4 aromatic carbocycles. The van der Waals surface area contributed by atoms with Crippen molar-refractivity contribution >= 4 is 70.8 Å². The average Bonchev–Trinajstić information content (AvgIpc) is 3.34. The maximum atomic E-state index is 6.28. The quantitative estimate of drug-likeness (QED) is 0.248. The molecule has 0 atom stereocenters. The van der Waals surface area contributed by atoms with Crippen LogP contribution >= 0.6 is 38.9 Å². The third kappa shape index (κ3) is 3.14. The van der Waals surface area contributed by atoms with E-state index in [1.807, 2.05) is 24.3 Å². The third-order valence-corrected chi connectivity index (χ3v) is 7.96. The number of hydrogen-bond donors (Lipinski definition) is 1.